The molecule has 0 aliphatic carbocycles. The van der Waals surface area contributed by atoms with E-state index in [2.05, 4.69) is 52.0 Å². The molecule has 1 saturated heterocycles. The molecule has 0 saturated carbocycles. The van der Waals surface area contributed by atoms with Crippen LogP contribution in [0, 0.1) is 5.92 Å². The van der Waals surface area contributed by atoms with Crippen LogP contribution in [0.15, 0.2) is 54.6 Å². The number of hydrogen-bond donors (Lipinski definition) is 17. The Balaban J connectivity index is 1.97. The van der Waals surface area contributed by atoms with Gasteiger partial charge in [0.15, 0.2) is 0 Å². The first-order valence-electron chi connectivity index (χ1n) is 31.5. The summed E-state index contributed by atoms with van der Waals surface area (Å²) in [5.41, 5.74) is 11.4. The summed E-state index contributed by atoms with van der Waals surface area (Å²) in [7, 11) is -5.27. The lowest BCUT2D eigenvalue weighted by Crippen LogP contribution is -2.61. The van der Waals surface area contributed by atoms with Crippen LogP contribution in [0.25, 0.3) is 0 Å². The minimum absolute atomic E-state index is 0.0873. The number of amides is 11. The molecule has 556 valence electrons. The average Bonchev–Trinajstić information content (AvgIpc) is 1.76. The Morgan fingerprint density at radius 1 is 0.515 bits per heavy atom. The number of carbonyl (C=O) groups is 17. The molecule has 2 aromatic rings. The van der Waals surface area contributed by atoms with Gasteiger partial charge in [0, 0.05) is 51.5 Å². The van der Waals surface area contributed by atoms with E-state index in [9.17, 15) is 125 Å². The van der Waals surface area contributed by atoms with Crippen LogP contribution in [0.1, 0.15) is 122 Å². The third-order valence-corrected chi connectivity index (χ3v) is 16.0. The maximum Gasteiger partial charge on any atom is 0.326 e. The van der Waals surface area contributed by atoms with Crippen LogP contribution < -0.4 is 63.5 Å². The average molecular weight is 1450 g/mol. The maximum atomic E-state index is 14.8. The van der Waals surface area contributed by atoms with Crippen molar-refractivity contribution < 1.29 is 129 Å². The van der Waals surface area contributed by atoms with Gasteiger partial charge in [-0.15, -0.1) is 0 Å². The van der Waals surface area contributed by atoms with Gasteiger partial charge in [0.25, 0.3) is 10.4 Å². The molecule has 1 fully saturated rings. The Labute approximate surface area is 576 Å². The van der Waals surface area contributed by atoms with E-state index < -0.39 is 266 Å². The summed E-state index contributed by atoms with van der Waals surface area (Å²) in [6.45, 7) is 4.01. The third-order valence-electron chi connectivity index (χ3n) is 15.6. The minimum atomic E-state index is -5.27. The number of carboxylic acid groups (broad SMARTS) is 6. The molecule has 0 spiro atoms. The van der Waals surface area contributed by atoms with Crippen LogP contribution in [0.4, 0.5) is 0 Å². The Morgan fingerprint density at radius 3 is 1.34 bits per heavy atom. The molecule has 1 heterocycles. The number of hydrogen-bond acceptors (Lipinski definition) is 22. The summed E-state index contributed by atoms with van der Waals surface area (Å²) in [5.74, 6) is -22.8. The fourth-order valence-electron chi connectivity index (χ4n) is 10.0. The van der Waals surface area contributed by atoms with Gasteiger partial charge >= 0.3 is 35.8 Å². The van der Waals surface area contributed by atoms with Crippen LogP contribution in [0.2, 0.25) is 0 Å². The number of nitrogens with two attached hydrogens (primary N) is 2. The van der Waals surface area contributed by atoms with Crippen molar-refractivity contribution in [2.45, 2.75) is 190 Å². The lowest BCUT2D eigenvalue weighted by molar-refractivity contribution is -0.144. The van der Waals surface area contributed by atoms with Crippen molar-refractivity contribution in [2.75, 3.05) is 6.54 Å². The quantitative estimate of drug-likeness (QED) is 0.0219. The highest BCUT2D eigenvalue weighted by Gasteiger charge is 2.42. The zero-order valence-electron chi connectivity index (χ0n) is 54.9. The minimum Gasteiger partial charge on any atom is -0.716 e. The second-order valence-corrected chi connectivity index (χ2v) is 24.5. The molecular formula is C61H83N12O27S-. The Morgan fingerprint density at radius 2 is 0.911 bits per heavy atom. The van der Waals surface area contributed by atoms with Gasteiger partial charge in [-0.3, -0.25) is 76.7 Å². The number of likely N-dealkylation sites (tertiary alicyclic amines) is 1. The zero-order chi connectivity index (χ0) is 76.0. The van der Waals surface area contributed by atoms with Gasteiger partial charge in [-0.25, -0.2) is 13.2 Å². The second kappa shape index (κ2) is 40.9. The van der Waals surface area contributed by atoms with E-state index in [1.54, 1.807) is 37.3 Å². The summed E-state index contributed by atoms with van der Waals surface area (Å²) < 4.78 is 38.0. The van der Waals surface area contributed by atoms with Crippen molar-refractivity contribution in [1.29, 1.82) is 0 Å². The van der Waals surface area contributed by atoms with E-state index in [1.165, 1.54) is 6.92 Å². The molecule has 39 nitrogen and oxygen atoms in total. The number of nitrogens with zero attached hydrogens (tertiary/aromatic N) is 1. The van der Waals surface area contributed by atoms with Gasteiger partial charge in [-0.05, 0) is 81.0 Å². The first-order valence-corrected chi connectivity index (χ1v) is 32.8. The Kier molecular flexibility index (Phi) is 34.1. The summed E-state index contributed by atoms with van der Waals surface area (Å²) in [6, 6.07) is -6.78. The first kappa shape index (κ1) is 84.3. The third kappa shape index (κ3) is 30.4. The second-order valence-electron chi connectivity index (χ2n) is 23.5. The molecule has 0 unspecified atom stereocenters. The molecule has 0 bridgehead atoms. The Hall–Kier alpha value is -10.9. The normalized spacial score (nSPS) is 15.9. The van der Waals surface area contributed by atoms with Crippen molar-refractivity contribution in [2.24, 2.45) is 17.4 Å². The first-order chi connectivity index (χ1) is 47.3. The SMILES string of the molecule is CC[C@H](C)[C@H](NC(=O)[C@H](CCC(=O)O)NC(=O)[C@H](CCC(=O)O)NC(=O)[C@H](Cc1ccccc1)NC(=O)[C@@H](N)CC(=O)O)C(=O)N1CCC[C@H]1C(=O)N[C@@H](CCC(=O)O)C(=O)N[C@@H](CCC(=O)O)C(=O)N[C@@H](Cc1ccc(OS(=O)(=O)[O-])cc1)C(=O)N[C@@H](C)C(=O)N[C@@H](CCC(N)=O)C(=O)O. The molecule has 12 atom stereocenters. The summed E-state index contributed by atoms with van der Waals surface area (Å²) in [4.78, 5) is 224. The van der Waals surface area contributed by atoms with E-state index in [1.807, 2.05) is 0 Å². The van der Waals surface area contributed by atoms with Crippen molar-refractivity contribution in [1.82, 2.24) is 52.8 Å². The zero-order valence-corrected chi connectivity index (χ0v) is 55.7. The number of primary amides is 1. The van der Waals surface area contributed by atoms with Gasteiger partial charge in [-0.1, -0.05) is 62.7 Å². The maximum absolute atomic E-state index is 14.8. The fraction of sp³-hybridized carbons (Fsp3) is 0.525. The number of rotatable bonds is 45. The van der Waals surface area contributed by atoms with Gasteiger partial charge < -0.3 is 104 Å². The van der Waals surface area contributed by atoms with Gasteiger partial charge in [0.05, 0.1) is 12.5 Å². The van der Waals surface area contributed by atoms with E-state index >= 15 is 0 Å². The molecule has 1 aliphatic rings. The van der Waals surface area contributed by atoms with Gasteiger partial charge in [0.2, 0.25) is 65.0 Å². The van der Waals surface area contributed by atoms with Crippen molar-refractivity contribution >= 4 is 111 Å². The molecule has 40 heteroatoms. The molecule has 19 N–H and O–H groups in total. The molecule has 0 aromatic heterocycles. The van der Waals surface area contributed by atoms with E-state index in [-0.39, 0.29) is 37.8 Å². The molecule has 11 amide bonds. The van der Waals surface area contributed by atoms with Crippen molar-refractivity contribution in [3.8, 4) is 5.75 Å². The highest BCUT2D eigenvalue weighted by molar-refractivity contribution is 7.81. The van der Waals surface area contributed by atoms with Crippen molar-refractivity contribution in [3.63, 3.8) is 0 Å². The number of aliphatic carboxylic acids is 6. The van der Waals surface area contributed by atoms with Gasteiger partial charge in [0.1, 0.15) is 66.2 Å². The molecule has 1 aliphatic heterocycles. The van der Waals surface area contributed by atoms with Crippen molar-refractivity contribution in [3.05, 3.63) is 65.7 Å². The number of benzene rings is 2. The highest BCUT2D eigenvalue weighted by Crippen LogP contribution is 2.23. The topological polar surface area (TPSA) is 642 Å². The van der Waals surface area contributed by atoms with E-state index in [4.69, 9.17) is 11.5 Å². The monoisotopic (exact) mass is 1450 g/mol. The molecular weight excluding hydrogens is 1360 g/mol. The Bertz CT molecular complexity index is 3470. The fourth-order valence-corrected chi connectivity index (χ4v) is 10.4. The molecule has 101 heavy (non-hydrogen) atoms. The number of carbonyl (C=O) groups excluding carboxylic acids is 11. The largest absolute Gasteiger partial charge is 0.716 e. The van der Waals surface area contributed by atoms with Crippen LogP contribution in [0.5, 0.6) is 5.75 Å². The summed E-state index contributed by atoms with van der Waals surface area (Å²) in [5, 5.41) is 78.3. The molecule has 3 rings (SSSR count). The van der Waals surface area contributed by atoms with Gasteiger partial charge in [-0.2, -0.15) is 0 Å². The standard InChI is InChI=1S/C61H84N12O27S/c1-4-30(2)50(72-56(90)39(20-25-48(81)82)66-53(87)36(17-22-45(75)76)67-58(92)42(27-32-9-6-5-7-10-32)70-52(86)35(62)29-49(83)84)60(94)73-26-8-11-43(73)59(93)68-38(19-24-47(79)80)54(88)65-37(18-23-46(77)78)55(89)71-41(28-33-12-14-34(15-13-33)100-101(97,98)99)57(91)64-31(3)51(85)69-40(61(95)96)16-21-44(63)74/h5-7,9-10,12-15,30-31,35-43,50H,4,8,11,16-29,62H2,1-3H3,(H2,63,74)(H,64,91)(H,65,88)(H,66,87)(H,67,92)(H,68,93)(H,69,85)(H,70,86)(H,71,89)(H,72,90)(H,75,76)(H,77,78)(H,79,80)(H,81,82)(H,83,84)(H,95,96)(H,97,98,99)/p-1/t30-,31-,35-,36-,37-,38-,39-,40-,41-,42-,43-,50-/m0/s1. The van der Waals surface area contributed by atoms with Crippen LogP contribution in [-0.2, 0) is 105 Å². The number of nitrogens with one attached hydrogen (secondary N) is 9. The lowest BCUT2D eigenvalue weighted by atomic mass is 9.96. The van der Waals surface area contributed by atoms with Crippen LogP contribution >= 0.6 is 0 Å². The predicted molar refractivity (Wildman–Crippen MR) is 342 cm³/mol. The summed E-state index contributed by atoms with van der Waals surface area (Å²) >= 11 is 0. The summed E-state index contributed by atoms with van der Waals surface area (Å²) in [6.07, 6.45) is -8.67. The van der Waals surface area contributed by atoms with Crippen LogP contribution in [-0.4, -0.2) is 222 Å². The molecule has 2 aromatic carbocycles. The lowest BCUT2D eigenvalue weighted by Gasteiger charge is -2.33. The molecule has 0 radical (unpaired) electrons. The van der Waals surface area contributed by atoms with E-state index in [0.29, 0.717) is 5.56 Å². The number of carboxylic acids is 6. The smallest absolute Gasteiger partial charge is 0.326 e. The van der Waals surface area contributed by atoms with E-state index in [0.717, 1.165) is 36.1 Å². The highest BCUT2D eigenvalue weighted by atomic mass is 32.3. The van der Waals surface area contributed by atoms with Crippen LogP contribution in [0.3, 0.4) is 0 Å². The predicted octanol–water partition coefficient (Wildman–Crippen LogP) is -4.66.